The second-order valence-corrected chi connectivity index (χ2v) is 11.8. The summed E-state index contributed by atoms with van der Waals surface area (Å²) >= 11 is 0. The topological polar surface area (TPSA) is 79.4 Å². The Balaban J connectivity index is 1.33. The van der Waals surface area contributed by atoms with Gasteiger partial charge in [0, 0.05) is 18.5 Å². The Morgan fingerprint density at radius 3 is 2.41 bits per heavy atom. The lowest BCUT2D eigenvalue weighted by molar-refractivity contribution is -0.157. The van der Waals surface area contributed by atoms with Gasteiger partial charge in [0.2, 0.25) is 0 Å². The number of carbonyl (C=O) groups excluding carboxylic acids is 1. The average molecular weight is 444 g/mol. The minimum absolute atomic E-state index is 0.0571. The van der Waals surface area contributed by atoms with Gasteiger partial charge in [-0.1, -0.05) is 38.5 Å². The Morgan fingerprint density at radius 1 is 0.844 bits per heavy atom. The molecule has 5 heteroatoms. The third-order valence-electron chi connectivity index (χ3n) is 10.0. The average Bonchev–Trinajstić information content (AvgIpc) is 3.18. The van der Waals surface area contributed by atoms with Crippen molar-refractivity contribution in [3.05, 3.63) is 0 Å². The molecule has 0 aromatic heterocycles. The summed E-state index contributed by atoms with van der Waals surface area (Å²) in [6.07, 6.45) is 19.7. The molecule has 5 rings (SSSR count). The Morgan fingerprint density at radius 2 is 1.59 bits per heavy atom. The molecule has 4 aliphatic carbocycles. The summed E-state index contributed by atoms with van der Waals surface area (Å²) < 4.78 is 6.13. The highest BCUT2D eigenvalue weighted by Gasteiger charge is 2.49. The first-order valence-electron chi connectivity index (χ1n) is 13.9. The van der Waals surface area contributed by atoms with Gasteiger partial charge in [-0.25, -0.2) is 0 Å². The number of hydrogen-bond acceptors (Lipinski definition) is 4. The summed E-state index contributed by atoms with van der Waals surface area (Å²) in [5.74, 6) is 3.68. The summed E-state index contributed by atoms with van der Waals surface area (Å²) in [6.45, 7) is 1.07. The summed E-state index contributed by atoms with van der Waals surface area (Å²) in [5.41, 5.74) is 5.96. The van der Waals surface area contributed by atoms with Gasteiger partial charge in [-0.2, -0.15) is 0 Å². The van der Waals surface area contributed by atoms with E-state index in [1.54, 1.807) is 0 Å². The second kappa shape index (κ2) is 10.0. The fraction of sp³-hybridized carbons (Fsp3) is 0.926. The smallest absolute Gasteiger partial charge is 0.323 e. The number of nitrogens with two attached hydrogens (primary N) is 1. The molecule has 5 nitrogen and oxygen atoms in total. The molecule has 0 aromatic rings. The fourth-order valence-corrected chi connectivity index (χ4v) is 8.32. The molecule has 0 aromatic carbocycles. The third-order valence-corrected chi connectivity index (χ3v) is 10.0. The fourth-order valence-electron chi connectivity index (χ4n) is 8.32. The normalized spacial score (nSPS) is 40.9. The van der Waals surface area contributed by atoms with Crippen molar-refractivity contribution in [2.45, 2.75) is 121 Å². The number of carbonyl (C=O) groups is 1. The van der Waals surface area contributed by atoms with Crippen LogP contribution in [0.25, 0.3) is 0 Å². The van der Waals surface area contributed by atoms with Crippen LogP contribution in [0.1, 0.15) is 103 Å². The van der Waals surface area contributed by atoms with Gasteiger partial charge < -0.3 is 10.5 Å². The van der Waals surface area contributed by atoms with E-state index in [9.17, 15) is 4.79 Å². The molecule has 1 saturated heterocycles. The second-order valence-electron chi connectivity index (χ2n) is 11.8. The van der Waals surface area contributed by atoms with Gasteiger partial charge in [-0.05, 0) is 87.9 Å². The van der Waals surface area contributed by atoms with Crippen molar-refractivity contribution in [3.63, 3.8) is 0 Å². The van der Waals surface area contributed by atoms with E-state index in [1.807, 2.05) is 0 Å². The van der Waals surface area contributed by atoms with Crippen molar-refractivity contribution in [3.8, 4) is 0 Å². The number of nitrogens with zero attached hydrogens (tertiary/aromatic N) is 1. The van der Waals surface area contributed by atoms with E-state index in [2.05, 4.69) is 4.90 Å². The number of ether oxygens (including phenoxy) is 1. The SMILES string of the molecule is N=C(N)C1CCC2CC(C(=O)OC3CCCCC3)N(CC3CCCC4CCCCC43)C2C1. The van der Waals surface area contributed by atoms with Gasteiger partial charge in [-0.3, -0.25) is 15.1 Å². The minimum Gasteiger partial charge on any atom is -0.461 e. The molecule has 32 heavy (non-hydrogen) atoms. The highest BCUT2D eigenvalue weighted by atomic mass is 16.5. The Labute approximate surface area is 194 Å². The molecule has 4 saturated carbocycles. The van der Waals surface area contributed by atoms with Crippen LogP contribution in [0.5, 0.6) is 0 Å². The van der Waals surface area contributed by atoms with Gasteiger partial charge in [0.15, 0.2) is 0 Å². The molecule has 5 aliphatic rings. The molecular weight excluding hydrogens is 398 g/mol. The van der Waals surface area contributed by atoms with Crippen molar-refractivity contribution in [1.29, 1.82) is 5.41 Å². The maximum absolute atomic E-state index is 13.5. The van der Waals surface area contributed by atoms with E-state index in [-0.39, 0.29) is 24.0 Å². The third kappa shape index (κ3) is 4.74. The molecule has 7 unspecified atom stereocenters. The highest BCUT2D eigenvalue weighted by Crippen LogP contribution is 2.47. The molecule has 180 valence electrons. The molecule has 3 N–H and O–H groups in total. The van der Waals surface area contributed by atoms with Crippen LogP contribution in [0.15, 0.2) is 0 Å². The number of esters is 1. The Kier molecular flexibility index (Phi) is 7.11. The minimum atomic E-state index is -0.0680. The number of likely N-dealkylation sites (tertiary alicyclic amines) is 1. The lowest BCUT2D eigenvalue weighted by Crippen LogP contribution is -2.49. The van der Waals surface area contributed by atoms with Crippen molar-refractivity contribution >= 4 is 11.8 Å². The zero-order chi connectivity index (χ0) is 22.1. The molecule has 1 aliphatic heterocycles. The van der Waals surface area contributed by atoms with E-state index in [1.165, 1.54) is 64.2 Å². The summed E-state index contributed by atoms with van der Waals surface area (Å²) in [5, 5.41) is 8.05. The molecular formula is C27H45N3O2. The maximum atomic E-state index is 13.5. The van der Waals surface area contributed by atoms with E-state index in [0.717, 1.165) is 62.8 Å². The Hall–Kier alpha value is -1.10. The lowest BCUT2D eigenvalue weighted by atomic mass is 9.65. The molecule has 0 amide bonds. The van der Waals surface area contributed by atoms with Gasteiger partial charge in [0.25, 0.3) is 0 Å². The lowest BCUT2D eigenvalue weighted by Gasteiger charge is -2.45. The Bertz CT molecular complexity index is 674. The van der Waals surface area contributed by atoms with Gasteiger partial charge >= 0.3 is 5.97 Å². The van der Waals surface area contributed by atoms with E-state index < -0.39 is 0 Å². The highest BCUT2D eigenvalue weighted by molar-refractivity contribution is 5.80. The number of nitrogens with one attached hydrogen (secondary N) is 1. The van der Waals surface area contributed by atoms with Crippen molar-refractivity contribution in [1.82, 2.24) is 4.90 Å². The van der Waals surface area contributed by atoms with Crippen LogP contribution in [-0.4, -0.2) is 41.4 Å². The summed E-state index contributed by atoms with van der Waals surface area (Å²) in [4.78, 5) is 16.1. The van der Waals surface area contributed by atoms with Crippen molar-refractivity contribution < 1.29 is 9.53 Å². The van der Waals surface area contributed by atoms with Crippen LogP contribution in [0.4, 0.5) is 0 Å². The van der Waals surface area contributed by atoms with Crippen molar-refractivity contribution in [2.24, 2.45) is 35.3 Å². The number of hydrogen-bond donors (Lipinski definition) is 2. The maximum Gasteiger partial charge on any atom is 0.323 e. The molecule has 0 spiro atoms. The predicted octanol–water partition coefficient (Wildman–Crippen LogP) is 5.26. The zero-order valence-electron chi connectivity index (χ0n) is 20.0. The van der Waals surface area contributed by atoms with Crippen LogP contribution in [0.3, 0.4) is 0 Å². The van der Waals surface area contributed by atoms with Crippen LogP contribution < -0.4 is 5.73 Å². The van der Waals surface area contributed by atoms with Gasteiger partial charge in [0.1, 0.15) is 12.1 Å². The van der Waals surface area contributed by atoms with Crippen LogP contribution in [0.2, 0.25) is 0 Å². The first kappa shape index (κ1) is 22.7. The van der Waals surface area contributed by atoms with Crippen LogP contribution in [0, 0.1) is 35.0 Å². The van der Waals surface area contributed by atoms with E-state index in [0.29, 0.717) is 17.8 Å². The van der Waals surface area contributed by atoms with Crippen LogP contribution in [-0.2, 0) is 9.53 Å². The first-order chi connectivity index (χ1) is 15.6. The monoisotopic (exact) mass is 443 g/mol. The quantitative estimate of drug-likeness (QED) is 0.345. The molecule has 0 bridgehead atoms. The number of rotatable bonds is 5. The van der Waals surface area contributed by atoms with Crippen molar-refractivity contribution in [2.75, 3.05) is 6.54 Å². The molecule has 1 heterocycles. The zero-order valence-corrected chi connectivity index (χ0v) is 20.0. The van der Waals surface area contributed by atoms with Gasteiger partial charge in [-0.15, -0.1) is 0 Å². The largest absolute Gasteiger partial charge is 0.461 e. The van der Waals surface area contributed by atoms with E-state index in [4.69, 9.17) is 15.9 Å². The first-order valence-corrected chi connectivity index (χ1v) is 13.9. The molecule has 5 fully saturated rings. The van der Waals surface area contributed by atoms with E-state index >= 15 is 0 Å². The summed E-state index contributed by atoms with van der Waals surface area (Å²) in [7, 11) is 0. The molecule has 7 atom stereocenters. The number of fused-ring (bicyclic) bond motifs is 2. The van der Waals surface area contributed by atoms with Gasteiger partial charge in [0.05, 0.1) is 5.84 Å². The standard InChI is InChI=1S/C27H45N3O2/c28-26(29)20-14-13-19-15-25(27(31)32-22-10-2-1-3-11-22)30(24(19)16-20)17-21-9-6-8-18-7-4-5-12-23(18)21/h18-25H,1-17H2,(H3,28,29). The predicted molar refractivity (Wildman–Crippen MR) is 127 cm³/mol. The summed E-state index contributed by atoms with van der Waals surface area (Å²) in [6, 6.07) is 0.340. The van der Waals surface area contributed by atoms with Crippen LogP contribution >= 0.6 is 0 Å². The number of amidine groups is 1. The molecule has 0 radical (unpaired) electrons.